The maximum absolute atomic E-state index is 13.5. The molecule has 1 N–H and O–H groups in total. The van der Waals surface area contributed by atoms with Crippen LogP contribution in [0.4, 0.5) is 0 Å². The summed E-state index contributed by atoms with van der Waals surface area (Å²) in [5, 5.41) is 11.7. The Morgan fingerprint density at radius 3 is 2.66 bits per heavy atom. The summed E-state index contributed by atoms with van der Waals surface area (Å²) in [6.07, 6.45) is 4.29. The Morgan fingerprint density at radius 2 is 1.97 bits per heavy atom. The van der Waals surface area contributed by atoms with E-state index < -0.39 is 23.0 Å². The van der Waals surface area contributed by atoms with Crippen LogP contribution < -0.4 is 0 Å². The molecule has 3 saturated carbocycles. The van der Waals surface area contributed by atoms with Crippen LogP contribution in [0.2, 0.25) is 0 Å². The average Bonchev–Trinajstić information content (AvgIpc) is 3.25. The quantitative estimate of drug-likeness (QED) is 0.234. The number of aliphatic hydroxyl groups excluding tert-OH is 1. The first-order chi connectivity index (χ1) is 17.9. The van der Waals surface area contributed by atoms with Crippen molar-refractivity contribution >= 4 is 40.4 Å². The molecule has 1 aromatic carbocycles. The molecule has 4 rings (SSSR count). The van der Waals surface area contributed by atoms with Crippen molar-refractivity contribution in [1.82, 2.24) is 0 Å². The number of thioether (sulfide) groups is 2. The van der Waals surface area contributed by atoms with Gasteiger partial charge in [-0.3, -0.25) is 14.4 Å². The lowest BCUT2D eigenvalue weighted by Gasteiger charge is -2.61. The third-order valence-electron chi connectivity index (χ3n) is 10.3. The Morgan fingerprint density at radius 1 is 1.24 bits per heavy atom. The molecule has 0 spiro atoms. The minimum Gasteiger partial charge on any atom is -0.461 e. The summed E-state index contributed by atoms with van der Waals surface area (Å²) < 4.78 is 6.33. The van der Waals surface area contributed by atoms with Crippen LogP contribution in [0.3, 0.4) is 0 Å². The van der Waals surface area contributed by atoms with Crippen LogP contribution >= 0.6 is 23.5 Å². The summed E-state index contributed by atoms with van der Waals surface area (Å²) >= 11 is 2.68. The summed E-state index contributed by atoms with van der Waals surface area (Å²) in [6.45, 7) is 14.1. The Hall–Kier alpha value is -1.57. The van der Waals surface area contributed by atoms with Crippen LogP contribution in [0.25, 0.3) is 0 Å². The van der Waals surface area contributed by atoms with Crippen molar-refractivity contribution in [2.24, 2.45) is 34.0 Å². The molecule has 2 bridgehead atoms. The lowest BCUT2D eigenvalue weighted by molar-refractivity contribution is -0.205. The maximum Gasteiger partial charge on any atom is 0.316 e. The summed E-state index contributed by atoms with van der Waals surface area (Å²) in [6, 6.07) is 7.88. The van der Waals surface area contributed by atoms with Crippen LogP contribution in [0.15, 0.2) is 41.8 Å². The van der Waals surface area contributed by atoms with E-state index in [9.17, 15) is 19.5 Å². The molecule has 38 heavy (non-hydrogen) atoms. The van der Waals surface area contributed by atoms with Crippen molar-refractivity contribution in [3.05, 3.63) is 42.5 Å². The Labute approximate surface area is 235 Å². The topological polar surface area (TPSA) is 80.7 Å². The monoisotopic (exact) mass is 558 g/mol. The Kier molecular flexibility index (Phi) is 8.61. The predicted octanol–water partition coefficient (Wildman–Crippen LogP) is 6.46. The minimum atomic E-state index is -0.669. The number of rotatable bonds is 7. The van der Waals surface area contributed by atoms with E-state index in [1.807, 2.05) is 37.3 Å². The van der Waals surface area contributed by atoms with E-state index in [2.05, 4.69) is 27.4 Å². The number of carbonyl (C=O) groups is 3. The maximum atomic E-state index is 13.5. The fourth-order valence-electron chi connectivity index (χ4n) is 7.75. The van der Waals surface area contributed by atoms with Crippen LogP contribution in [0.5, 0.6) is 0 Å². The average molecular weight is 559 g/mol. The van der Waals surface area contributed by atoms with Gasteiger partial charge in [-0.1, -0.05) is 57.7 Å². The van der Waals surface area contributed by atoms with E-state index in [1.165, 1.54) is 23.5 Å². The van der Waals surface area contributed by atoms with Crippen molar-refractivity contribution < 1.29 is 24.2 Å². The molecule has 3 aliphatic rings. The highest BCUT2D eigenvalue weighted by molar-refractivity contribution is 8.12. The zero-order chi connectivity index (χ0) is 27.9. The van der Waals surface area contributed by atoms with Crippen molar-refractivity contribution in [3.63, 3.8) is 0 Å². The van der Waals surface area contributed by atoms with Gasteiger partial charge in [0.25, 0.3) is 0 Å². The zero-order valence-electron chi connectivity index (χ0n) is 23.3. The van der Waals surface area contributed by atoms with Gasteiger partial charge in [0.15, 0.2) is 5.12 Å². The van der Waals surface area contributed by atoms with E-state index in [1.54, 1.807) is 6.92 Å². The molecule has 0 aliphatic heterocycles. The van der Waals surface area contributed by atoms with Crippen LogP contribution in [0.1, 0.15) is 72.3 Å². The molecule has 5 nitrogen and oxygen atoms in total. The highest BCUT2D eigenvalue weighted by Gasteiger charge is 2.68. The molecule has 0 saturated heterocycles. The molecule has 3 fully saturated rings. The van der Waals surface area contributed by atoms with Gasteiger partial charge < -0.3 is 9.84 Å². The van der Waals surface area contributed by atoms with Crippen LogP contribution in [-0.2, 0) is 24.9 Å². The number of ether oxygens (including phenoxy) is 1. The number of hydrogen-bond acceptors (Lipinski definition) is 7. The molecule has 8 atom stereocenters. The molecule has 1 aromatic rings. The van der Waals surface area contributed by atoms with Crippen LogP contribution in [0, 0.1) is 34.0 Å². The number of hydrogen-bond donors (Lipinski definition) is 1. The first kappa shape index (κ1) is 29.4. The fourth-order valence-corrected chi connectivity index (χ4v) is 9.06. The Bertz CT molecular complexity index is 1100. The molecular weight excluding hydrogens is 516 g/mol. The number of esters is 1. The van der Waals surface area contributed by atoms with E-state index >= 15 is 0 Å². The highest BCUT2D eigenvalue weighted by atomic mass is 32.2. The summed E-state index contributed by atoms with van der Waals surface area (Å²) in [7, 11) is 0. The molecule has 0 radical (unpaired) electrons. The van der Waals surface area contributed by atoms with E-state index in [0.717, 1.165) is 29.7 Å². The highest BCUT2D eigenvalue weighted by Crippen LogP contribution is 2.68. The number of benzene rings is 1. The predicted molar refractivity (Wildman–Crippen MR) is 154 cm³/mol. The molecule has 0 heterocycles. The number of carbonyl (C=O) groups excluding carboxylic acids is 3. The van der Waals surface area contributed by atoms with Crippen molar-refractivity contribution in [1.29, 1.82) is 0 Å². The number of Topliss-reactive ketones (excluding diaryl/α,β-unsaturated/α-hetero) is 1. The van der Waals surface area contributed by atoms with Gasteiger partial charge >= 0.3 is 5.97 Å². The summed E-state index contributed by atoms with van der Waals surface area (Å²) in [5.74, 6) is 0.639. The van der Waals surface area contributed by atoms with Gasteiger partial charge in [0.1, 0.15) is 11.9 Å². The van der Waals surface area contributed by atoms with Gasteiger partial charge in [0.2, 0.25) is 0 Å². The van der Waals surface area contributed by atoms with E-state index in [4.69, 9.17) is 4.74 Å². The van der Waals surface area contributed by atoms with Gasteiger partial charge in [0, 0.05) is 40.7 Å². The molecule has 0 amide bonds. The summed E-state index contributed by atoms with van der Waals surface area (Å²) in [5.41, 5.74) is -0.384. The molecule has 208 valence electrons. The van der Waals surface area contributed by atoms with Gasteiger partial charge in [-0.25, -0.2) is 0 Å². The van der Waals surface area contributed by atoms with Gasteiger partial charge in [-0.15, -0.1) is 18.3 Å². The molecule has 7 heteroatoms. The van der Waals surface area contributed by atoms with Gasteiger partial charge in [-0.05, 0) is 60.6 Å². The van der Waals surface area contributed by atoms with Gasteiger partial charge in [0.05, 0.1) is 11.9 Å². The number of aliphatic hydroxyl groups is 1. The van der Waals surface area contributed by atoms with E-state index in [0.29, 0.717) is 18.6 Å². The lowest BCUT2D eigenvalue weighted by atomic mass is 9.44. The minimum absolute atomic E-state index is 0.0468. The normalized spacial score (nSPS) is 38.6. The SMILES string of the molecule is C=C[C@]1(C)C[C@@H](OC(=O)CSc2cccc(CSC(C)=O)c2)[C@]2(C)C(C)CCC3(CCC(=O)C32)[C@@H](C)[C@@H]1O. The van der Waals surface area contributed by atoms with Crippen molar-refractivity contribution in [3.8, 4) is 0 Å². The third kappa shape index (κ3) is 5.15. The smallest absolute Gasteiger partial charge is 0.316 e. The lowest BCUT2D eigenvalue weighted by Crippen LogP contribution is -2.63. The van der Waals surface area contributed by atoms with E-state index in [-0.39, 0.29) is 45.8 Å². The Balaban J connectivity index is 1.59. The zero-order valence-corrected chi connectivity index (χ0v) is 25.0. The molecule has 3 aliphatic carbocycles. The van der Waals surface area contributed by atoms with Crippen molar-refractivity contribution in [2.45, 2.75) is 89.6 Å². The largest absolute Gasteiger partial charge is 0.461 e. The number of ketones is 1. The fraction of sp³-hybridized carbons (Fsp3) is 0.645. The molecular formula is C31H42O5S2. The second-order valence-corrected chi connectivity index (χ2v) is 14.5. The summed E-state index contributed by atoms with van der Waals surface area (Å²) in [4.78, 5) is 39.1. The van der Waals surface area contributed by atoms with Gasteiger partial charge in [-0.2, -0.15) is 0 Å². The molecule has 3 unspecified atom stereocenters. The first-order valence-corrected chi connectivity index (χ1v) is 15.7. The first-order valence-electron chi connectivity index (χ1n) is 13.8. The van der Waals surface area contributed by atoms with Crippen LogP contribution in [-0.4, -0.2) is 39.9 Å². The second-order valence-electron chi connectivity index (χ2n) is 12.3. The third-order valence-corrected chi connectivity index (χ3v) is 12.1. The van der Waals surface area contributed by atoms with Crippen molar-refractivity contribution in [2.75, 3.05) is 5.75 Å². The standard InChI is InChI=1S/C31H42O5S2/c1-7-29(5)16-25(36-26(34)18-38-23-10-8-9-22(15-23)17-37-21(4)32)30(6)19(2)11-13-31(20(3)28(29)35)14-12-24(33)27(30)31/h7-10,15,19-20,25,27-28,35H,1,11-14,16-18H2,2-6H3/t19?,20-,25+,27?,28-,29+,30-,31?/m0/s1. The second kappa shape index (κ2) is 11.1. The molecule has 0 aromatic heterocycles.